The average Bonchev–Trinajstić information content (AvgIpc) is 2.19. The number of hydrogen-bond acceptors (Lipinski definition) is 3. The fraction of sp³-hybridized carbons (Fsp3) is 0.400. The molecule has 0 bridgehead atoms. The van der Waals surface area contributed by atoms with Crippen molar-refractivity contribution in [2.24, 2.45) is 5.73 Å². The van der Waals surface area contributed by atoms with Gasteiger partial charge in [0.2, 0.25) is 5.91 Å². The number of hydrogen-bond donors (Lipinski definition) is 2. The number of rotatable bonds is 4. The second-order valence-electron chi connectivity index (χ2n) is 3.11. The molecule has 3 N–H and O–H groups in total. The van der Waals surface area contributed by atoms with Gasteiger partial charge in [-0.25, -0.2) is 0 Å². The Balaban J connectivity index is 2.50. The van der Waals surface area contributed by atoms with Crippen molar-refractivity contribution in [3.05, 3.63) is 30.1 Å². The van der Waals surface area contributed by atoms with Crippen LogP contribution in [0.5, 0.6) is 0 Å². The number of aromatic nitrogens is 1. The molecule has 0 aliphatic heterocycles. The number of nitrogens with zero attached hydrogens (tertiary/aromatic N) is 1. The van der Waals surface area contributed by atoms with Crippen molar-refractivity contribution in [2.75, 3.05) is 6.54 Å². The van der Waals surface area contributed by atoms with Gasteiger partial charge in [-0.2, -0.15) is 0 Å². The molecule has 1 unspecified atom stereocenters. The maximum Gasteiger partial charge on any atom is 0.221 e. The van der Waals surface area contributed by atoms with Crippen molar-refractivity contribution in [3.63, 3.8) is 0 Å². The van der Waals surface area contributed by atoms with E-state index < -0.39 is 0 Å². The summed E-state index contributed by atoms with van der Waals surface area (Å²) in [4.78, 5) is 15.1. The molecule has 0 spiro atoms. The van der Waals surface area contributed by atoms with Crippen molar-refractivity contribution in [2.45, 2.75) is 19.4 Å². The second kappa shape index (κ2) is 5.34. The lowest BCUT2D eigenvalue weighted by atomic mass is 10.1. The molecule has 1 heterocycles. The van der Waals surface area contributed by atoms with Crippen LogP contribution < -0.4 is 11.1 Å². The molecule has 0 fully saturated rings. The van der Waals surface area contributed by atoms with Crippen LogP contribution in [0.4, 0.5) is 0 Å². The van der Waals surface area contributed by atoms with Gasteiger partial charge in [0.05, 0.1) is 6.04 Å². The Labute approximate surface area is 83.5 Å². The first-order chi connectivity index (χ1) is 6.74. The van der Waals surface area contributed by atoms with Gasteiger partial charge in [0.1, 0.15) is 0 Å². The van der Waals surface area contributed by atoms with Crippen LogP contribution in [0.15, 0.2) is 24.5 Å². The van der Waals surface area contributed by atoms with E-state index in [0.29, 0.717) is 13.0 Å². The Bertz CT molecular complexity index is 287. The van der Waals surface area contributed by atoms with Crippen molar-refractivity contribution in [1.29, 1.82) is 0 Å². The Hall–Kier alpha value is -1.42. The Morgan fingerprint density at radius 2 is 2.21 bits per heavy atom. The van der Waals surface area contributed by atoms with Crippen molar-refractivity contribution in [3.8, 4) is 0 Å². The van der Waals surface area contributed by atoms with Crippen LogP contribution in [0.3, 0.4) is 0 Å². The van der Waals surface area contributed by atoms with Gasteiger partial charge in [-0.3, -0.25) is 9.78 Å². The minimum Gasteiger partial charge on any atom is -0.350 e. The quantitative estimate of drug-likeness (QED) is 0.736. The van der Waals surface area contributed by atoms with Crippen molar-refractivity contribution >= 4 is 5.91 Å². The van der Waals surface area contributed by atoms with E-state index in [1.807, 2.05) is 19.1 Å². The van der Waals surface area contributed by atoms with E-state index in [1.165, 1.54) is 0 Å². The third-order valence-corrected chi connectivity index (χ3v) is 1.95. The van der Waals surface area contributed by atoms with E-state index in [-0.39, 0.29) is 11.9 Å². The summed E-state index contributed by atoms with van der Waals surface area (Å²) in [6, 6.07) is 3.78. The van der Waals surface area contributed by atoms with Gasteiger partial charge in [0.25, 0.3) is 0 Å². The highest BCUT2D eigenvalue weighted by Gasteiger charge is 2.07. The van der Waals surface area contributed by atoms with Crippen LogP contribution in [0.25, 0.3) is 0 Å². The van der Waals surface area contributed by atoms with E-state index in [1.54, 1.807) is 12.4 Å². The van der Waals surface area contributed by atoms with Gasteiger partial charge >= 0.3 is 0 Å². The number of carbonyl (C=O) groups excluding carboxylic acids is 1. The van der Waals surface area contributed by atoms with Gasteiger partial charge in [0, 0.05) is 25.4 Å². The zero-order chi connectivity index (χ0) is 10.4. The molecule has 1 aromatic heterocycles. The topological polar surface area (TPSA) is 68.0 Å². The van der Waals surface area contributed by atoms with Gasteiger partial charge in [-0.15, -0.1) is 0 Å². The van der Waals surface area contributed by atoms with E-state index in [0.717, 1.165) is 5.56 Å². The van der Waals surface area contributed by atoms with E-state index >= 15 is 0 Å². The minimum atomic E-state index is -0.0168. The Morgan fingerprint density at radius 3 is 2.79 bits per heavy atom. The third kappa shape index (κ3) is 3.14. The van der Waals surface area contributed by atoms with Gasteiger partial charge in [0.15, 0.2) is 0 Å². The van der Waals surface area contributed by atoms with Crippen LogP contribution in [-0.2, 0) is 4.79 Å². The largest absolute Gasteiger partial charge is 0.350 e. The lowest BCUT2D eigenvalue weighted by Gasteiger charge is -2.13. The summed E-state index contributed by atoms with van der Waals surface area (Å²) in [5, 5.41) is 2.85. The first kappa shape index (κ1) is 10.7. The zero-order valence-electron chi connectivity index (χ0n) is 8.23. The summed E-state index contributed by atoms with van der Waals surface area (Å²) in [6.45, 7) is 2.32. The smallest absolute Gasteiger partial charge is 0.221 e. The van der Waals surface area contributed by atoms with E-state index in [4.69, 9.17) is 5.73 Å². The monoisotopic (exact) mass is 193 g/mol. The number of nitrogens with one attached hydrogen (secondary N) is 1. The molecule has 0 aliphatic rings. The van der Waals surface area contributed by atoms with Gasteiger partial charge in [-0.05, 0) is 24.6 Å². The molecule has 0 radical (unpaired) electrons. The molecule has 14 heavy (non-hydrogen) atoms. The molecule has 1 amide bonds. The molecule has 76 valence electrons. The van der Waals surface area contributed by atoms with Crippen LogP contribution in [0, 0.1) is 0 Å². The molecule has 1 rings (SSSR count). The number of nitrogens with two attached hydrogens (primary N) is 1. The molecular formula is C10H15N3O. The zero-order valence-corrected chi connectivity index (χ0v) is 8.23. The highest BCUT2D eigenvalue weighted by molar-refractivity contribution is 5.76. The first-order valence-electron chi connectivity index (χ1n) is 4.63. The number of amides is 1. The normalized spacial score (nSPS) is 12.1. The van der Waals surface area contributed by atoms with E-state index in [9.17, 15) is 4.79 Å². The number of carbonyl (C=O) groups is 1. The van der Waals surface area contributed by atoms with Crippen LogP contribution >= 0.6 is 0 Å². The second-order valence-corrected chi connectivity index (χ2v) is 3.11. The summed E-state index contributed by atoms with van der Waals surface area (Å²) < 4.78 is 0. The summed E-state index contributed by atoms with van der Waals surface area (Å²) in [7, 11) is 0. The van der Waals surface area contributed by atoms with Gasteiger partial charge in [-0.1, -0.05) is 0 Å². The van der Waals surface area contributed by atoms with E-state index in [2.05, 4.69) is 10.3 Å². The summed E-state index contributed by atoms with van der Waals surface area (Å²) in [6.07, 6.45) is 3.79. The molecule has 0 aromatic carbocycles. The SMILES string of the molecule is CC(NC(=O)CCN)c1ccncc1. The van der Waals surface area contributed by atoms with Crippen molar-refractivity contribution < 1.29 is 4.79 Å². The lowest BCUT2D eigenvalue weighted by Crippen LogP contribution is -2.28. The minimum absolute atomic E-state index is 0.0112. The molecule has 1 atom stereocenters. The van der Waals surface area contributed by atoms with Crippen LogP contribution in [-0.4, -0.2) is 17.4 Å². The molecule has 0 saturated heterocycles. The first-order valence-corrected chi connectivity index (χ1v) is 4.63. The van der Waals surface area contributed by atoms with Crippen LogP contribution in [0.1, 0.15) is 24.9 Å². The highest BCUT2D eigenvalue weighted by Crippen LogP contribution is 2.09. The van der Waals surface area contributed by atoms with Gasteiger partial charge < -0.3 is 11.1 Å². The fourth-order valence-electron chi connectivity index (χ4n) is 1.18. The molecular weight excluding hydrogens is 178 g/mol. The molecule has 1 aromatic rings. The standard InChI is InChI=1S/C10H15N3O/c1-8(13-10(14)2-5-11)9-3-6-12-7-4-9/h3-4,6-8H,2,5,11H2,1H3,(H,13,14). The fourth-order valence-corrected chi connectivity index (χ4v) is 1.18. The predicted octanol–water partition coefficient (Wildman–Crippen LogP) is 0.608. The Morgan fingerprint density at radius 1 is 1.57 bits per heavy atom. The highest BCUT2D eigenvalue weighted by atomic mass is 16.1. The van der Waals surface area contributed by atoms with Crippen molar-refractivity contribution in [1.82, 2.24) is 10.3 Å². The molecule has 0 aliphatic carbocycles. The number of pyridine rings is 1. The summed E-state index contributed by atoms with van der Waals surface area (Å²) >= 11 is 0. The molecule has 4 heteroatoms. The predicted molar refractivity (Wildman–Crippen MR) is 54.5 cm³/mol. The summed E-state index contributed by atoms with van der Waals surface area (Å²) in [5.74, 6) is -0.0168. The maximum absolute atomic E-state index is 11.2. The maximum atomic E-state index is 11.2. The lowest BCUT2D eigenvalue weighted by molar-refractivity contribution is -0.121. The average molecular weight is 193 g/mol. The summed E-state index contributed by atoms with van der Waals surface area (Å²) in [5.41, 5.74) is 6.32. The molecule has 4 nitrogen and oxygen atoms in total. The third-order valence-electron chi connectivity index (χ3n) is 1.95. The molecule has 0 saturated carbocycles. The Kier molecular flexibility index (Phi) is 4.07. The van der Waals surface area contributed by atoms with Crippen LogP contribution in [0.2, 0.25) is 0 Å².